The Bertz CT molecular complexity index is 554. The minimum absolute atomic E-state index is 0.108. The smallest absolute Gasteiger partial charge is 0.417 e. The van der Waals surface area contributed by atoms with Gasteiger partial charge < -0.3 is 5.11 Å². The Balaban J connectivity index is 3.52. The van der Waals surface area contributed by atoms with E-state index in [1.54, 1.807) is 0 Å². The maximum Gasteiger partial charge on any atom is 0.417 e. The third-order valence-electron chi connectivity index (χ3n) is 2.42. The van der Waals surface area contributed by atoms with E-state index >= 15 is 0 Å². The lowest BCUT2D eigenvalue weighted by atomic mass is 9.98. The fraction of sp³-hybridized carbons (Fsp3) is 0.250. The second kappa shape index (κ2) is 5.18. The van der Waals surface area contributed by atoms with Gasteiger partial charge in [-0.05, 0) is 36.3 Å². The summed E-state index contributed by atoms with van der Waals surface area (Å²) >= 11 is 0. The normalized spacial score (nSPS) is 12.9. The number of carboxylic acid groups (broad SMARTS) is 1. The van der Waals surface area contributed by atoms with Crippen LogP contribution >= 0.6 is 0 Å². The summed E-state index contributed by atoms with van der Waals surface area (Å²) in [5, 5.41) is 8.39. The molecule has 0 aliphatic heterocycles. The highest BCUT2D eigenvalue weighted by atomic mass is 19.4. The summed E-state index contributed by atoms with van der Waals surface area (Å²) in [6, 6.07) is 0.641. The highest BCUT2D eigenvalue weighted by molar-refractivity contribution is 5.85. The Morgan fingerprint density at radius 3 is 1.90 bits per heavy atom. The SMILES string of the molecule is Cc1cc(C(F)(F)F)c(C(F)(F)F)cc1/C=C/C(=O)O. The molecule has 2 nitrogen and oxygen atoms in total. The molecular formula is C12H8F6O2. The molecule has 0 atom stereocenters. The molecule has 0 bridgehead atoms. The monoisotopic (exact) mass is 298 g/mol. The van der Waals surface area contributed by atoms with Crippen molar-refractivity contribution in [3.05, 3.63) is 40.5 Å². The Morgan fingerprint density at radius 1 is 1.05 bits per heavy atom. The minimum Gasteiger partial charge on any atom is -0.478 e. The highest BCUT2D eigenvalue weighted by Gasteiger charge is 2.43. The van der Waals surface area contributed by atoms with Crippen molar-refractivity contribution in [1.29, 1.82) is 0 Å². The fourth-order valence-corrected chi connectivity index (χ4v) is 1.53. The summed E-state index contributed by atoms with van der Waals surface area (Å²) in [6.45, 7) is 1.16. The lowest BCUT2D eigenvalue weighted by Crippen LogP contribution is -2.17. The summed E-state index contributed by atoms with van der Waals surface area (Å²) < 4.78 is 75.7. The zero-order chi connectivity index (χ0) is 15.7. The quantitative estimate of drug-likeness (QED) is 0.658. The predicted octanol–water partition coefficient (Wildman–Crippen LogP) is 4.13. The van der Waals surface area contributed by atoms with Crippen molar-refractivity contribution >= 4 is 12.0 Å². The van der Waals surface area contributed by atoms with E-state index in [0.29, 0.717) is 12.1 Å². The number of carboxylic acids is 1. The molecular weight excluding hydrogens is 290 g/mol. The van der Waals surface area contributed by atoms with Crippen LogP contribution in [-0.2, 0) is 17.1 Å². The highest BCUT2D eigenvalue weighted by Crippen LogP contribution is 2.41. The number of benzene rings is 1. The Labute approximate surface area is 109 Å². The summed E-state index contributed by atoms with van der Waals surface area (Å²) in [7, 11) is 0. The number of halogens is 6. The van der Waals surface area contributed by atoms with E-state index < -0.39 is 29.4 Å². The number of hydrogen-bond donors (Lipinski definition) is 1. The molecule has 0 saturated carbocycles. The van der Waals surface area contributed by atoms with Crippen LogP contribution in [0.5, 0.6) is 0 Å². The van der Waals surface area contributed by atoms with Gasteiger partial charge in [0.15, 0.2) is 0 Å². The van der Waals surface area contributed by atoms with Gasteiger partial charge in [0.1, 0.15) is 0 Å². The van der Waals surface area contributed by atoms with Crippen LogP contribution in [0.4, 0.5) is 26.3 Å². The molecule has 8 heteroatoms. The fourth-order valence-electron chi connectivity index (χ4n) is 1.53. The first-order valence-corrected chi connectivity index (χ1v) is 5.13. The number of alkyl halides is 6. The Hall–Kier alpha value is -1.99. The van der Waals surface area contributed by atoms with Gasteiger partial charge in [0.25, 0.3) is 0 Å². The van der Waals surface area contributed by atoms with Crippen molar-refractivity contribution < 1.29 is 36.2 Å². The average Bonchev–Trinajstić information content (AvgIpc) is 2.23. The van der Waals surface area contributed by atoms with Gasteiger partial charge in [-0.1, -0.05) is 0 Å². The molecule has 0 aliphatic rings. The van der Waals surface area contributed by atoms with E-state index in [1.165, 1.54) is 0 Å². The number of hydrogen-bond acceptors (Lipinski definition) is 1. The van der Waals surface area contributed by atoms with Gasteiger partial charge >= 0.3 is 18.3 Å². The standard InChI is InChI=1S/C12H8F6O2/c1-6-4-8(11(13,14)15)9(12(16,17)18)5-7(6)2-3-10(19)20/h2-5H,1H3,(H,19,20)/b3-2+. The largest absolute Gasteiger partial charge is 0.478 e. The van der Waals surface area contributed by atoms with Crippen LogP contribution < -0.4 is 0 Å². The second-order valence-electron chi connectivity index (χ2n) is 3.92. The van der Waals surface area contributed by atoms with Crippen LogP contribution in [0, 0.1) is 6.92 Å². The van der Waals surface area contributed by atoms with Gasteiger partial charge in [-0.25, -0.2) is 4.79 Å². The van der Waals surface area contributed by atoms with Crippen LogP contribution in [0.15, 0.2) is 18.2 Å². The molecule has 0 radical (unpaired) electrons. The molecule has 0 spiro atoms. The van der Waals surface area contributed by atoms with E-state index in [2.05, 4.69) is 0 Å². The predicted molar refractivity (Wildman–Crippen MR) is 57.9 cm³/mol. The van der Waals surface area contributed by atoms with Crippen LogP contribution in [0.3, 0.4) is 0 Å². The van der Waals surface area contributed by atoms with E-state index in [4.69, 9.17) is 5.11 Å². The lowest BCUT2D eigenvalue weighted by Gasteiger charge is -2.17. The van der Waals surface area contributed by atoms with Crippen molar-refractivity contribution in [3.8, 4) is 0 Å². The van der Waals surface area contributed by atoms with E-state index in [0.717, 1.165) is 13.0 Å². The van der Waals surface area contributed by atoms with Gasteiger partial charge in [0.2, 0.25) is 0 Å². The molecule has 1 N–H and O–H groups in total. The van der Waals surface area contributed by atoms with Crippen molar-refractivity contribution in [2.24, 2.45) is 0 Å². The molecule has 0 saturated heterocycles. The van der Waals surface area contributed by atoms with Gasteiger partial charge in [-0.15, -0.1) is 0 Å². The van der Waals surface area contributed by atoms with Crippen molar-refractivity contribution in [2.75, 3.05) is 0 Å². The third kappa shape index (κ3) is 3.75. The molecule has 0 amide bonds. The Morgan fingerprint density at radius 2 is 1.50 bits per heavy atom. The first-order chi connectivity index (χ1) is 8.93. The van der Waals surface area contributed by atoms with E-state index in [-0.39, 0.29) is 17.2 Å². The molecule has 0 aromatic heterocycles. The van der Waals surface area contributed by atoms with E-state index in [9.17, 15) is 31.1 Å². The molecule has 110 valence electrons. The van der Waals surface area contributed by atoms with Gasteiger partial charge in [0, 0.05) is 6.08 Å². The van der Waals surface area contributed by atoms with Crippen LogP contribution in [-0.4, -0.2) is 11.1 Å². The molecule has 1 rings (SSSR count). The maximum absolute atomic E-state index is 12.6. The topological polar surface area (TPSA) is 37.3 Å². The molecule has 1 aromatic rings. The summed E-state index contributed by atoms with van der Waals surface area (Å²) in [4.78, 5) is 10.3. The lowest BCUT2D eigenvalue weighted by molar-refractivity contribution is -0.162. The summed E-state index contributed by atoms with van der Waals surface area (Å²) in [5.74, 6) is -1.42. The van der Waals surface area contributed by atoms with Gasteiger partial charge in [0.05, 0.1) is 11.1 Å². The molecule has 1 aromatic carbocycles. The van der Waals surface area contributed by atoms with Crippen LogP contribution in [0.2, 0.25) is 0 Å². The molecule has 0 heterocycles. The first-order valence-electron chi connectivity index (χ1n) is 5.13. The van der Waals surface area contributed by atoms with E-state index in [1.807, 2.05) is 0 Å². The molecule has 20 heavy (non-hydrogen) atoms. The molecule has 0 fully saturated rings. The zero-order valence-corrected chi connectivity index (χ0v) is 9.93. The second-order valence-corrected chi connectivity index (χ2v) is 3.92. The Kier molecular flexibility index (Phi) is 4.16. The zero-order valence-electron chi connectivity index (χ0n) is 9.93. The maximum atomic E-state index is 12.6. The first kappa shape index (κ1) is 16.1. The molecule has 0 unspecified atom stereocenters. The van der Waals surface area contributed by atoms with Gasteiger partial charge in [-0.3, -0.25) is 0 Å². The number of carbonyl (C=O) groups is 1. The number of aryl methyl sites for hydroxylation is 1. The minimum atomic E-state index is -5.19. The summed E-state index contributed by atoms with van der Waals surface area (Å²) in [5.41, 5.74) is -3.99. The summed E-state index contributed by atoms with van der Waals surface area (Å²) in [6.07, 6.45) is -8.97. The molecule has 0 aliphatic carbocycles. The number of aliphatic carboxylic acids is 1. The van der Waals surface area contributed by atoms with Crippen LogP contribution in [0.1, 0.15) is 22.3 Å². The van der Waals surface area contributed by atoms with Crippen LogP contribution in [0.25, 0.3) is 6.08 Å². The van der Waals surface area contributed by atoms with Crippen molar-refractivity contribution in [3.63, 3.8) is 0 Å². The third-order valence-corrected chi connectivity index (χ3v) is 2.42. The van der Waals surface area contributed by atoms with Gasteiger partial charge in [-0.2, -0.15) is 26.3 Å². The number of rotatable bonds is 2. The van der Waals surface area contributed by atoms with Crippen molar-refractivity contribution in [1.82, 2.24) is 0 Å². The van der Waals surface area contributed by atoms with Crippen molar-refractivity contribution in [2.45, 2.75) is 19.3 Å². The average molecular weight is 298 g/mol.